The Bertz CT molecular complexity index is 3690. The number of anilines is 1. The first-order valence-electron chi connectivity index (χ1n) is 30.1. The fourth-order valence-corrected chi connectivity index (χ4v) is 12.8. The Balaban J connectivity index is 0.00000293. The maximum Gasteiger partial charge on any atom is 0.490 e. The van der Waals surface area contributed by atoms with E-state index in [4.69, 9.17) is 14.6 Å². The molecule has 2 aromatic carbocycles. The highest BCUT2D eigenvalue weighted by Gasteiger charge is 2.39. The number of alkyl halides is 3. The Hall–Kier alpha value is -8.84. The lowest BCUT2D eigenvalue weighted by atomic mass is 10.1. The van der Waals surface area contributed by atoms with Gasteiger partial charge in [0.1, 0.15) is 29.4 Å². The second-order valence-corrected chi connectivity index (χ2v) is 27.5. The molecule has 0 spiro atoms. The van der Waals surface area contributed by atoms with Crippen LogP contribution in [-0.2, 0) is 66.8 Å². The van der Waals surface area contributed by atoms with Gasteiger partial charge in [-0.2, -0.15) is 17.9 Å². The summed E-state index contributed by atoms with van der Waals surface area (Å²) in [5.41, 5.74) is 0.643. The van der Waals surface area contributed by atoms with Crippen LogP contribution in [0.4, 0.5) is 19.1 Å². The molecule has 3 heterocycles. The molecule has 0 aliphatic carbocycles. The summed E-state index contributed by atoms with van der Waals surface area (Å²) in [5, 5.41) is 60.4. The molecular weight excluding hydrogens is 1420 g/mol. The van der Waals surface area contributed by atoms with Crippen molar-refractivity contribution in [1.29, 1.82) is 0 Å². The molecule has 1 aliphatic rings. The highest BCUT2D eigenvalue weighted by molar-refractivity contribution is 8.19. The van der Waals surface area contributed by atoms with Crippen LogP contribution in [0.5, 0.6) is 5.75 Å². The molecule has 4 aromatic rings. The van der Waals surface area contributed by atoms with Gasteiger partial charge >= 0.3 is 36.0 Å². The van der Waals surface area contributed by atoms with Crippen molar-refractivity contribution in [3.8, 4) is 5.75 Å². The number of imidazole rings is 1. The Morgan fingerprint density at radius 1 is 0.663 bits per heavy atom. The van der Waals surface area contributed by atoms with Gasteiger partial charge in [-0.05, 0) is 61.2 Å². The van der Waals surface area contributed by atoms with Crippen LogP contribution in [0.2, 0.25) is 0 Å². The lowest BCUT2D eigenvalue weighted by Crippen LogP contribution is -2.58. The number of rotatable bonds is 34. The lowest BCUT2D eigenvalue weighted by Gasteiger charge is -2.33. The Labute approximate surface area is 576 Å². The first-order valence-corrected chi connectivity index (χ1v) is 34.9. The predicted octanol–water partition coefficient (Wildman–Crippen LogP) is -1.43. The molecule has 5 rings (SSSR count). The highest BCUT2D eigenvalue weighted by Crippen LogP contribution is 2.35. The number of aromatic nitrogens is 3. The van der Waals surface area contributed by atoms with E-state index >= 15 is 0 Å². The van der Waals surface area contributed by atoms with Crippen LogP contribution in [0.1, 0.15) is 39.9 Å². The summed E-state index contributed by atoms with van der Waals surface area (Å²) in [7, 11) is -12.1. The summed E-state index contributed by atoms with van der Waals surface area (Å²) in [6, 6.07) is 1.79. The van der Waals surface area contributed by atoms with Gasteiger partial charge in [0.2, 0.25) is 39.1 Å². The molecule has 1 aliphatic heterocycles. The molecule has 564 valence electrons. The smallest absolute Gasteiger partial charge is 0.490 e. The van der Waals surface area contributed by atoms with Gasteiger partial charge in [-0.3, -0.25) is 67.5 Å². The third-order valence-corrected chi connectivity index (χ3v) is 17.8. The quantitative estimate of drug-likeness (QED) is 0.0238. The van der Waals surface area contributed by atoms with Crippen molar-refractivity contribution in [2.45, 2.75) is 62.4 Å². The number of sulfonamides is 1. The molecule has 45 heteroatoms. The molecule has 2 aromatic heterocycles. The monoisotopic (exact) mass is 1500 g/mol. The topological polar surface area (TPSA) is 584 Å². The number of hydrogen-bond donors (Lipinski definition) is 19. The lowest BCUT2D eigenvalue weighted by molar-refractivity contribution is -0.192. The van der Waals surface area contributed by atoms with Gasteiger partial charge < -0.3 is 99.0 Å². The van der Waals surface area contributed by atoms with E-state index in [1.165, 1.54) is 51.8 Å². The standard InChI is InChI=1S/C54H80N14O23S3.C2HF3O2/c1-33-21-36(22-34(2)49(33)94(89,90)63-39(53(81)82)25-59-50(78)38-26-64(3)42-23-35(6-7-37(42)48(38)77)24-60-54-57-10-11-58-54)91-20-4-5-43(69)55-8-9-56-51(79)40(31-92(83,84)85)62-52(80)41(32-93(86,87)88)61-44(70)27-65-12-14-66(28-45(71)72)16-18-68(30-47(75)76)19-17-67(15-13-65)29-46(73)74;3-2(4,5)1(6)7/h6-7,10-11,21-23,26,39-41,63,83-88H,4-5,8-9,12-20,24-25,27-32H2,1-3H3,(H,55,69)(H,56,79)(H,59,78)(H,61,70)(H,62,80)(H,71,72)(H,73,74)(H,75,76)(H,81,82)(H2,57,58,60);(H,6,7)/t39-,40-,41-;/m0./s1. The molecule has 0 radical (unpaired) electrons. The number of aliphatic carboxylic acids is 5. The number of H-pyrrole nitrogens is 1. The minimum Gasteiger partial charge on any atom is -0.494 e. The number of hydrogen-bond acceptors (Lipinski definition) is 26. The molecule has 0 saturated carbocycles. The van der Waals surface area contributed by atoms with Gasteiger partial charge in [-0.1, -0.05) is 6.07 Å². The Morgan fingerprint density at radius 3 is 1.62 bits per heavy atom. The number of nitrogens with zero attached hydrogens (tertiary/aromatic N) is 6. The SMILES string of the molecule is Cc1cc(OCCCC(=O)NCCNC(=O)[C@H](CS(O)(O)O)NC(=O)[C@H](CS(O)(O)O)NC(=O)CN2CCN(CC(=O)O)CCN(CC(=O)O)CCN(CC(=O)O)CC2)cc(C)c1S(=O)(=O)N[C@@H](CNC(=O)c1cn(C)c2cc(CNc3ncc[nH]3)ccc2c1=O)C(=O)O.O=C(O)C(F)(F)F. The van der Waals surface area contributed by atoms with Gasteiger partial charge in [-0.25, -0.2) is 18.2 Å². The number of amides is 5. The third-order valence-electron chi connectivity index (χ3n) is 14.5. The summed E-state index contributed by atoms with van der Waals surface area (Å²) in [4.78, 5) is 149. The van der Waals surface area contributed by atoms with Crippen molar-refractivity contribution in [2.24, 2.45) is 7.05 Å². The van der Waals surface area contributed by atoms with Crippen LogP contribution < -0.4 is 46.8 Å². The average molecular weight is 1500 g/mol. The largest absolute Gasteiger partial charge is 0.494 e. The molecule has 19 N–H and O–H groups in total. The van der Waals surface area contributed by atoms with Crippen molar-refractivity contribution in [3.63, 3.8) is 0 Å². The van der Waals surface area contributed by atoms with E-state index in [0.29, 0.717) is 18.0 Å². The van der Waals surface area contributed by atoms with Crippen LogP contribution in [0.15, 0.2) is 58.6 Å². The fraction of sp³-hybridized carbons (Fsp3) is 0.500. The molecule has 5 amide bonds. The molecule has 39 nitrogen and oxygen atoms in total. The number of pyridine rings is 1. The summed E-state index contributed by atoms with van der Waals surface area (Å²) in [6.07, 6.45) is -0.605. The first-order chi connectivity index (χ1) is 47.0. The van der Waals surface area contributed by atoms with Crippen LogP contribution >= 0.6 is 21.7 Å². The number of halogens is 3. The molecule has 101 heavy (non-hydrogen) atoms. The summed E-state index contributed by atoms with van der Waals surface area (Å²) in [6.45, 7) is 0.0441. The van der Waals surface area contributed by atoms with Gasteiger partial charge in [-0.15, -0.1) is 0 Å². The number of carboxylic acid groups (broad SMARTS) is 5. The fourth-order valence-electron chi connectivity index (χ4n) is 9.82. The van der Waals surface area contributed by atoms with Crippen molar-refractivity contribution >= 4 is 108 Å². The van der Waals surface area contributed by atoms with Crippen molar-refractivity contribution in [2.75, 3.05) is 122 Å². The first kappa shape index (κ1) is 84.6. The van der Waals surface area contributed by atoms with Gasteiger partial charge in [0, 0.05) is 116 Å². The Morgan fingerprint density at radius 2 is 1.16 bits per heavy atom. The van der Waals surface area contributed by atoms with Crippen LogP contribution in [-0.4, -0.2) is 295 Å². The van der Waals surface area contributed by atoms with Crippen LogP contribution in [0.25, 0.3) is 10.9 Å². The summed E-state index contributed by atoms with van der Waals surface area (Å²) in [5.74, 6) is -14.8. The van der Waals surface area contributed by atoms with E-state index in [-0.39, 0.29) is 118 Å². The number of carbonyl (C=O) groups excluding carboxylic acids is 5. The predicted molar refractivity (Wildman–Crippen MR) is 353 cm³/mol. The van der Waals surface area contributed by atoms with E-state index in [0.717, 1.165) is 5.56 Å². The number of benzene rings is 2. The minimum absolute atomic E-state index is 0.00714. The molecule has 0 bridgehead atoms. The maximum atomic E-state index is 13.7. The van der Waals surface area contributed by atoms with Crippen molar-refractivity contribution in [3.05, 3.63) is 81.4 Å². The third kappa shape index (κ3) is 30.5. The normalized spacial score (nSPS) is 15.3. The van der Waals surface area contributed by atoms with E-state index in [1.807, 2.05) is 0 Å². The number of aryl methyl sites for hydroxylation is 3. The van der Waals surface area contributed by atoms with Crippen molar-refractivity contribution in [1.82, 2.24) is 65.4 Å². The summed E-state index contributed by atoms with van der Waals surface area (Å²) >= 11 is 0. The van der Waals surface area contributed by atoms with E-state index in [2.05, 4.69) is 46.6 Å². The average Bonchev–Trinajstić information content (AvgIpc) is 0.803. The van der Waals surface area contributed by atoms with E-state index < -0.39 is 165 Å². The van der Waals surface area contributed by atoms with Gasteiger partial charge in [0.15, 0.2) is 5.95 Å². The van der Waals surface area contributed by atoms with Gasteiger partial charge in [0.05, 0.1) is 76.4 Å². The second-order valence-electron chi connectivity index (χ2n) is 22.7. The number of nitrogens with one attached hydrogen (secondary N) is 8. The van der Waals surface area contributed by atoms with Crippen molar-refractivity contribution < 1.29 is 127 Å². The van der Waals surface area contributed by atoms with Gasteiger partial charge in [0.25, 0.3) is 5.91 Å². The molecule has 1 fully saturated rings. The van der Waals surface area contributed by atoms with Crippen LogP contribution in [0, 0.1) is 13.8 Å². The Kier molecular flexibility index (Phi) is 32.5. The minimum atomic E-state index is -5.08. The second kappa shape index (κ2) is 38.8. The van der Waals surface area contributed by atoms with E-state index in [9.17, 15) is 117 Å². The number of fused-ring (bicyclic) bond motifs is 1. The zero-order chi connectivity index (χ0) is 75.7. The number of carbonyl (C=O) groups is 10. The highest BCUT2D eigenvalue weighted by atomic mass is 32.3. The number of carboxylic acids is 5. The number of ether oxygens (including phenoxy) is 1. The maximum absolute atomic E-state index is 13.7. The number of aromatic amines is 1. The molecule has 3 atom stereocenters. The summed E-state index contributed by atoms with van der Waals surface area (Å²) < 4.78 is 128. The van der Waals surface area contributed by atoms with E-state index in [1.54, 1.807) is 42.2 Å². The van der Waals surface area contributed by atoms with Crippen LogP contribution in [0.3, 0.4) is 0 Å². The molecule has 0 unspecified atom stereocenters. The zero-order valence-corrected chi connectivity index (χ0v) is 56.8. The zero-order valence-electron chi connectivity index (χ0n) is 54.4. The molecule has 1 saturated heterocycles. The molecular formula is C56H81F3N14O25S3.